The topological polar surface area (TPSA) is 52.6 Å². The fourth-order valence-corrected chi connectivity index (χ4v) is 3.89. The number of amides is 1. The van der Waals surface area contributed by atoms with Gasteiger partial charge < -0.3 is 15.3 Å². The van der Waals surface area contributed by atoms with E-state index in [0.717, 1.165) is 41.7 Å². The predicted molar refractivity (Wildman–Crippen MR) is 81.6 cm³/mol. The number of carbonyl (C=O) groups excluding carboxylic acids is 1. The summed E-state index contributed by atoms with van der Waals surface area (Å²) < 4.78 is 0.982. The van der Waals surface area contributed by atoms with Gasteiger partial charge in [-0.05, 0) is 53.4 Å². The van der Waals surface area contributed by atoms with Gasteiger partial charge in [0, 0.05) is 17.6 Å². The Hall–Kier alpha value is -1.07. The molecule has 0 radical (unpaired) electrons. The molecule has 0 bridgehead atoms. The van der Waals surface area contributed by atoms with E-state index in [1.807, 2.05) is 18.2 Å². The Bertz CT molecular complexity index is 533. The molecule has 3 rings (SSSR count). The van der Waals surface area contributed by atoms with E-state index in [-0.39, 0.29) is 17.9 Å². The van der Waals surface area contributed by atoms with Crippen molar-refractivity contribution in [2.24, 2.45) is 5.92 Å². The quantitative estimate of drug-likeness (QED) is 0.869. The molecule has 2 N–H and O–H groups in total. The van der Waals surface area contributed by atoms with Gasteiger partial charge in [-0.3, -0.25) is 4.79 Å². The lowest BCUT2D eigenvalue weighted by Crippen LogP contribution is -2.45. The van der Waals surface area contributed by atoms with Gasteiger partial charge in [0.1, 0.15) is 0 Å². The van der Waals surface area contributed by atoms with E-state index in [2.05, 4.69) is 26.1 Å². The lowest BCUT2D eigenvalue weighted by atomic mass is 9.91. The van der Waals surface area contributed by atoms with Crippen molar-refractivity contribution in [1.29, 1.82) is 0 Å². The number of hydrogen-bond acceptors (Lipinski definition) is 3. The van der Waals surface area contributed by atoms with Crippen molar-refractivity contribution in [2.75, 3.05) is 18.0 Å². The van der Waals surface area contributed by atoms with E-state index in [4.69, 9.17) is 0 Å². The highest BCUT2D eigenvalue weighted by Gasteiger charge is 2.41. The second kappa shape index (κ2) is 5.37. The highest BCUT2D eigenvalue weighted by atomic mass is 79.9. The summed E-state index contributed by atoms with van der Waals surface area (Å²) in [4.78, 5) is 14.2. The number of piperidine rings is 1. The van der Waals surface area contributed by atoms with Crippen molar-refractivity contribution in [2.45, 2.75) is 31.9 Å². The minimum atomic E-state index is -0.468. The van der Waals surface area contributed by atoms with Gasteiger partial charge in [0.25, 0.3) is 0 Å². The molecule has 2 heterocycles. The van der Waals surface area contributed by atoms with Crippen LogP contribution in [0.25, 0.3) is 0 Å². The molecule has 108 valence electrons. The maximum Gasteiger partial charge on any atom is 0.225 e. The largest absolute Gasteiger partial charge is 0.389 e. The second-order valence-corrected chi connectivity index (χ2v) is 6.50. The molecule has 3 atom stereocenters. The third-order valence-corrected chi connectivity index (χ3v) is 5.00. The summed E-state index contributed by atoms with van der Waals surface area (Å²) in [5, 5.41) is 12.6. The molecule has 1 amide bonds. The molecule has 2 fully saturated rings. The number of halogens is 1. The Morgan fingerprint density at radius 2 is 2.30 bits per heavy atom. The molecule has 1 aromatic rings. The molecule has 2 aliphatic rings. The van der Waals surface area contributed by atoms with Crippen LogP contribution in [0.2, 0.25) is 0 Å². The standard InChI is InChI=1S/C15H19BrN2O2/c1-9(19)10-4-5-13(12(16)7-10)18-6-2-3-11-14(18)8-17-15(11)20/h4-5,7,9,11,14,19H,2-3,6,8H2,1H3,(H,17,20)/t9-,11?,14?/m1/s1. The van der Waals surface area contributed by atoms with Crippen molar-refractivity contribution in [3.05, 3.63) is 28.2 Å². The lowest BCUT2D eigenvalue weighted by molar-refractivity contribution is -0.122. The lowest BCUT2D eigenvalue weighted by Gasteiger charge is -2.38. The Morgan fingerprint density at radius 1 is 1.50 bits per heavy atom. The van der Waals surface area contributed by atoms with Gasteiger partial charge in [-0.2, -0.15) is 0 Å². The summed E-state index contributed by atoms with van der Waals surface area (Å²) in [5.74, 6) is 0.309. The Balaban J connectivity index is 1.90. The van der Waals surface area contributed by atoms with Crippen molar-refractivity contribution >= 4 is 27.5 Å². The molecule has 2 saturated heterocycles. The van der Waals surface area contributed by atoms with Gasteiger partial charge in [-0.15, -0.1) is 0 Å². The number of hydrogen-bond donors (Lipinski definition) is 2. The first kappa shape index (κ1) is 13.9. The van der Waals surface area contributed by atoms with E-state index >= 15 is 0 Å². The summed E-state index contributed by atoms with van der Waals surface area (Å²) in [5.41, 5.74) is 2.01. The number of nitrogens with zero attached hydrogens (tertiary/aromatic N) is 1. The first-order chi connectivity index (χ1) is 9.58. The molecule has 2 aliphatic heterocycles. The number of benzene rings is 1. The van der Waals surface area contributed by atoms with E-state index in [0.29, 0.717) is 0 Å². The zero-order valence-corrected chi connectivity index (χ0v) is 13.1. The van der Waals surface area contributed by atoms with Crippen LogP contribution in [0, 0.1) is 5.92 Å². The Morgan fingerprint density at radius 3 is 3.00 bits per heavy atom. The van der Waals surface area contributed by atoms with Crippen LogP contribution in [-0.2, 0) is 4.79 Å². The number of aliphatic hydroxyl groups is 1. The van der Waals surface area contributed by atoms with Crippen molar-refractivity contribution in [1.82, 2.24) is 5.32 Å². The minimum absolute atomic E-state index is 0.118. The number of nitrogens with one attached hydrogen (secondary N) is 1. The van der Waals surface area contributed by atoms with Crippen molar-refractivity contribution in [3.63, 3.8) is 0 Å². The Labute approximate surface area is 127 Å². The van der Waals surface area contributed by atoms with Gasteiger partial charge in [0.15, 0.2) is 0 Å². The van der Waals surface area contributed by atoms with E-state index < -0.39 is 6.10 Å². The van der Waals surface area contributed by atoms with E-state index in [1.165, 1.54) is 0 Å². The zero-order chi connectivity index (χ0) is 14.3. The summed E-state index contributed by atoms with van der Waals surface area (Å²) in [6, 6.07) is 6.22. The summed E-state index contributed by atoms with van der Waals surface area (Å²) >= 11 is 3.60. The number of aliphatic hydroxyl groups excluding tert-OH is 1. The molecule has 0 aliphatic carbocycles. The SMILES string of the molecule is C[C@@H](O)c1ccc(N2CCCC3C(=O)NCC32)c(Br)c1. The second-order valence-electron chi connectivity index (χ2n) is 5.64. The number of fused-ring (bicyclic) bond motifs is 1. The molecular formula is C15H19BrN2O2. The highest BCUT2D eigenvalue weighted by molar-refractivity contribution is 9.10. The van der Waals surface area contributed by atoms with Crippen LogP contribution >= 0.6 is 15.9 Å². The van der Waals surface area contributed by atoms with Gasteiger partial charge in [0.2, 0.25) is 5.91 Å². The molecule has 0 aromatic heterocycles. The minimum Gasteiger partial charge on any atom is -0.389 e. The third kappa shape index (κ3) is 2.33. The number of anilines is 1. The fraction of sp³-hybridized carbons (Fsp3) is 0.533. The van der Waals surface area contributed by atoms with Gasteiger partial charge >= 0.3 is 0 Å². The molecule has 0 saturated carbocycles. The molecule has 1 aromatic carbocycles. The van der Waals surface area contributed by atoms with Crippen LogP contribution in [-0.4, -0.2) is 30.1 Å². The van der Waals surface area contributed by atoms with Gasteiger partial charge in [-0.1, -0.05) is 6.07 Å². The molecule has 20 heavy (non-hydrogen) atoms. The average Bonchev–Trinajstić information content (AvgIpc) is 2.81. The molecule has 5 heteroatoms. The average molecular weight is 339 g/mol. The van der Waals surface area contributed by atoms with Crippen molar-refractivity contribution in [3.8, 4) is 0 Å². The van der Waals surface area contributed by atoms with Crippen LogP contribution < -0.4 is 10.2 Å². The summed E-state index contributed by atoms with van der Waals surface area (Å²) in [6.07, 6.45) is 1.56. The highest BCUT2D eigenvalue weighted by Crippen LogP contribution is 2.36. The smallest absolute Gasteiger partial charge is 0.225 e. The van der Waals surface area contributed by atoms with Gasteiger partial charge in [0.05, 0.1) is 23.8 Å². The van der Waals surface area contributed by atoms with E-state index in [1.54, 1.807) is 6.92 Å². The molecule has 4 nitrogen and oxygen atoms in total. The van der Waals surface area contributed by atoms with Crippen LogP contribution in [0.15, 0.2) is 22.7 Å². The zero-order valence-electron chi connectivity index (χ0n) is 11.5. The maximum atomic E-state index is 11.8. The first-order valence-corrected chi connectivity index (χ1v) is 7.89. The monoisotopic (exact) mass is 338 g/mol. The van der Waals surface area contributed by atoms with Crippen LogP contribution in [0.3, 0.4) is 0 Å². The molecule has 0 spiro atoms. The normalized spacial score (nSPS) is 27.1. The Kier molecular flexibility index (Phi) is 3.73. The maximum absolute atomic E-state index is 11.8. The fourth-order valence-electron chi connectivity index (χ4n) is 3.27. The van der Waals surface area contributed by atoms with Gasteiger partial charge in [-0.25, -0.2) is 0 Å². The van der Waals surface area contributed by atoms with Crippen LogP contribution in [0.1, 0.15) is 31.4 Å². The van der Waals surface area contributed by atoms with Crippen LogP contribution in [0.4, 0.5) is 5.69 Å². The first-order valence-electron chi connectivity index (χ1n) is 7.10. The number of rotatable bonds is 2. The summed E-state index contributed by atoms with van der Waals surface area (Å²) in [7, 11) is 0. The number of carbonyl (C=O) groups is 1. The molecular weight excluding hydrogens is 320 g/mol. The van der Waals surface area contributed by atoms with Crippen LogP contribution in [0.5, 0.6) is 0 Å². The summed E-state index contributed by atoms with van der Waals surface area (Å²) in [6.45, 7) is 3.47. The predicted octanol–water partition coefficient (Wildman–Crippen LogP) is 2.22. The van der Waals surface area contributed by atoms with E-state index in [9.17, 15) is 9.90 Å². The third-order valence-electron chi connectivity index (χ3n) is 4.36. The molecule has 2 unspecified atom stereocenters. The van der Waals surface area contributed by atoms with Crippen molar-refractivity contribution < 1.29 is 9.90 Å².